The summed E-state index contributed by atoms with van der Waals surface area (Å²) in [5.74, 6) is 0.354. The topological polar surface area (TPSA) is 9.23 Å². The van der Waals surface area contributed by atoms with Crippen molar-refractivity contribution in [2.45, 2.75) is 81.1 Å². The van der Waals surface area contributed by atoms with Crippen LogP contribution in [0.5, 0.6) is 0 Å². The zero-order valence-electron chi connectivity index (χ0n) is 11.5. The van der Waals surface area contributed by atoms with E-state index in [2.05, 4.69) is 0 Å². The molecule has 0 aromatic heterocycles. The summed E-state index contributed by atoms with van der Waals surface area (Å²) in [5, 5.41) is 0. The van der Waals surface area contributed by atoms with Gasteiger partial charge in [-0.25, -0.2) is 0 Å². The number of rotatable bonds is 2. The number of hydrogen-bond acceptors (Lipinski definition) is 1. The molecular formula is C15H26Cl2O. The van der Waals surface area contributed by atoms with Gasteiger partial charge in [-0.05, 0) is 19.8 Å². The first kappa shape index (κ1) is 14.9. The third-order valence-electron chi connectivity index (χ3n) is 4.67. The first-order chi connectivity index (χ1) is 8.65. The largest absolute Gasteiger partial charge is 0.372 e. The number of alkyl halides is 2. The average molecular weight is 293 g/mol. The summed E-state index contributed by atoms with van der Waals surface area (Å²) in [7, 11) is 0. The van der Waals surface area contributed by atoms with E-state index in [0.29, 0.717) is 5.92 Å². The van der Waals surface area contributed by atoms with Crippen LogP contribution in [0.3, 0.4) is 0 Å². The van der Waals surface area contributed by atoms with E-state index in [1.165, 1.54) is 51.4 Å². The fraction of sp³-hybridized carbons (Fsp3) is 1.00. The van der Waals surface area contributed by atoms with Crippen LogP contribution >= 0.6 is 23.2 Å². The monoisotopic (exact) mass is 292 g/mol. The van der Waals surface area contributed by atoms with E-state index < -0.39 is 4.33 Å². The Kier molecular flexibility index (Phi) is 5.25. The van der Waals surface area contributed by atoms with Gasteiger partial charge < -0.3 is 4.74 Å². The quantitative estimate of drug-likeness (QED) is 0.612. The summed E-state index contributed by atoms with van der Waals surface area (Å²) >= 11 is 13.0. The minimum absolute atomic E-state index is 0.232. The first-order valence-electron chi connectivity index (χ1n) is 7.67. The SMILES string of the molecule is CCOC12CCCCCCCCCCC1C2(Cl)Cl. The lowest BCUT2D eigenvalue weighted by atomic mass is 9.99. The Morgan fingerprint density at radius 3 is 2.11 bits per heavy atom. The van der Waals surface area contributed by atoms with Gasteiger partial charge in [-0.2, -0.15) is 0 Å². The molecule has 0 bridgehead atoms. The molecule has 3 heteroatoms. The molecule has 2 aliphatic rings. The van der Waals surface area contributed by atoms with Crippen LogP contribution in [0.4, 0.5) is 0 Å². The molecule has 2 rings (SSSR count). The Morgan fingerprint density at radius 2 is 1.50 bits per heavy atom. The van der Waals surface area contributed by atoms with Gasteiger partial charge in [0.2, 0.25) is 0 Å². The van der Waals surface area contributed by atoms with E-state index in [1.807, 2.05) is 6.92 Å². The molecule has 0 aromatic rings. The summed E-state index contributed by atoms with van der Waals surface area (Å²) in [5.41, 5.74) is -0.232. The molecule has 0 saturated heterocycles. The first-order valence-corrected chi connectivity index (χ1v) is 8.42. The third kappa shape index (κ3) is 2.83. The lowest BCUT2D eigenvalue weighted by Crippen LogP contribution is -2.22. The van der Waals surface area contributed by atoms with E-state index >= 15 is 0 Å². The van der Waals surface area contributed by atoms with Crippen LogP contribution in [0.15, 0.2) is 0 Å². The molecule has 2 atom stereocenters. The number of hydrogen-bond donors (Lipinski definition) is 0. The van der Waals surface area contributed by atoms with Crippen molar-refractivity contribution in [1.29, 1.82) is 0 Å². The predicted molar refractivity (Wildman–Crippen MR) is 78.5 cm³/mol. The van der Waals surface area contributed by atoms with Crippen molar-refractivity contribution in [3.8, 4) is 0 Å². The van der Waals surface area contributed by atoms with Gasteiger partial charge in [-0.15, -0.1) is 0 Å². The van der Waals surface area contributed by atoms with Crippen LogP contribution < -0.4 is 0 Å². The van der Waals surface area contributed by atoms with Crippen LogP contribution in [0.2, 0.25) is 0 Å². The van der Waals surface area contributed by atoms with Crippen molar-refractivity contribution in [1.82, 2.24) is 0 Å². The van der Waals surface area contributed by atoms with Crippen LogP contribution in [0.25, 0.3) is 0 Å². The van der Waals surface area contributed by atoms with Crippen LogP contribution in [-0.2, 0) is 4.74 Å². The van der Waals surface area contributed by atoms with Crippen LogP contribution in [-0.4, -0.2) is 16.5 Å². The van der Waals surface area contributed by atoms with E-state index in [1.54, 1.807) is 0 Å². The van der Waals surface area contributed by atoms with Crippen molar-refractivity contribution in [2.75, 3.05) is 6.61 Å². The van der Waals surface area contributed by atoms with Crippen LogP contribution in [0, 0.1) is 5.92 Å². The molecule has 0 aliphatic heterocycles. The van der Waals surface area contributed by atoms with Crippen molar-refractivity contribution >= 4 is 23.2 Å². The van der Waals surface area contributed by atoms with E-state index in [4.69, 9.17) is 27.9 Å². The Labute approximate surface area is 122 Å². The van der Waals surface area contributed by atoms with Gasteiger partial charge in [0.15, 0.2) is 4.33 Å². The molecule has 2 unspecified atom stereocenters. The second kappa shape index (κ2) is 6.33. The molecule has 2 saturated carbocycles. The molecule has 2 aliphatic carbocycles. The summed E-state index contributed by atoms with van der Waals surface area (Å²) in [6.07, 6.45) is 12.8. The summed E-state index contributed by atoms with van der Waals surface area (Å²) in [6.45, 7) is 2.77. The fourth-order valence-corrected chi connectivity index (χ4v) is 4.61. The summed E-state index contributed by atoms with van der Waals surface area (Å²) in [6, 6.07) is 0. The maximum absolute atomic E-state index is 6.52. The van der Waals surface area contributed by atoms with Gasteiger partial charge in [0.25, 0.3) is 0 Å². The molecule has 0 heterocycles. The van der Waals surface area contributed by atoms with E-state index in [-0.39, 0.29) is 5.60 Å². The second-order valence-corrected chi connectivity index (χ2v) is 7.25. The molecule has 0 radical (unpaired) electrons. The molecule has 18 heavy (non-hydrogen) atoms. The highest BCUT2D eigenvalue weighted by Gasteiger charge is 2.75. The third-order valence-corrected chi connectivity index (χ3v) is 5.84. The fourth-order valence-electron chi connectivity index (χ4n) is 3.59. The smallest absolute Gasteiger partial charge is 0.153 e. The van der Waals surface area contributed by atoms with Gasteiger partial charge in [0.05, 0.1) is 0 Å². The number of ether oxygens (including phenoxy) is 1. The zero-order valence-corrected chi connectivity index (χ0v) is 13.0. The highest BCUT2D eigenvalue weighted by atomic mass is 35.5. The molecule has 106 valence electrons. The lowest BCUT2D eigenvalue weighted by Gasteiger charge is -2.19. The Balaban J connectivity index is 1.98. The molecule has 0 spiro atoms. The normalized spacial score (nSPS) is 37.2. The lowest BCUT2D eigenvalue weighted by molar-refractivity contribution is 0.0177. The predicted octanol–water partition coefficient (Wildman–Crippen LogP) is 5.48. The average Bonchev–Trinajstić information content (AvgIpc) is 2.75. The second-order valence-electron chi connectivity index (χ2n) is 5.87. The Morgan fingerprint density at radius 1 is 0.944 bits per heavy atom. The van der Waals surface area contributed by atoms with Gasteiger partial charge in [0, 0.05) is 12.5 Å². The minimum Gasteiger partial charge on any atom is -0.372 e. The maximum atomic E-state index is 6.52. The van der Waals surface area contributed by atoms with E-state index in [0.717, 1.165) is 19.4 Å². The highest BCUT2D eigenvalue weighted by molar-refractivity contribution is 6.52. The van der Waals surface area contributed by atoms with Crippen molar-refractivity contribution in [3.05, 3.63) is 0 Å². The zero-order chi connectivity index (χ0) is 13.1. The number of fused-ring (bicyclic) bond motifs is 1. The van der Waals surface area contributed by atoms with Gasteiger partial charge >= 0.3 is 0 Å². The van der Waals surface area contributed by atoms with Gasteiger partial charge in [-0.1, -0.05) is 74.6 Å². The van der Waals surface area contributed by atoms with Crippen molar-refractivity contribution in [2.24, 2.45) is 5.92 Å². The standard InChI is InChI=1S/C15H26Cl2O/c1-2-18-14-12-10-8-6-4-3-5-7-9-11-13(14)15(14,16)17/h13H,2-12H2,1H3. The maximum Gasteiger partial charge on any atom is 0.153 e. The summed E-state index contributed by atoms with van der Waals surface area (Å²) < 4.78 is 5.37. The van der Waals surface area contributed by atoms with E-state index in [9.17, 15) is 0 Å². The van der Waals surface area contributed by atoms with Crippen LogP contribution in [0.1, 0.15) is 71.1 Å². The molecule has 0 amide bonds. The minimum atomic E-state index is -0.628. The molecule has 2 fully saturated rings. The van der Waals surface area contributed by atoms with Crippen molar-refractivity contribution < 1.29 is 4.74 Å². The molecular weight excluding hydrogens is 267 g/mol. The number of halogens is 2. The summed E-state index contributed by atoms with van der Waals surface area (Å²) in [4.78, 5) is 0. The van der Waals surface area contributed by atoms with Gasteiger partial charge in [0.1, 0.15) is 5.60 Å². The molecule has 0 aromatic carbocycles. The highest BCUT2D eigenvalue weighted by Crippen LogP contribution is 2.68. The van der Waals surface area contributed by atoms with Crippen molar-refractivity contribution in [3.63, 3.8) is 0 Å². The van der Waals surface area contributed by atoms with Gasteiger partial charge in [-0.3, -0.25) is 0 Å². The molecule has 1 nitrogen and oxygen atoms in total. The Hall–Kier alpha value is 0.540. The Bertz CT molecular complexity index is 267. The molecule has 0 N–H and O–H groups in total.